The Morgan fingerprint density at radius 2 is 1.82 bits per heavy atom. The minimum Gasteiger partial charge on any atom is -0.340 e. The van der Waals surface area contributed by atoms with Crippen molar-refractivity contribution in [3.63, 3.8) is 0 Å². The van der Waals surface area contributed by atoms with Gasteiger partial charge in [-0.15, -0.1) is 0 Å². The minimum absolute atomic E-state index is 0.0984. The average molecular weight is 447 g/mol. The smallest absolute Gasteiger partial charge is 0.277 e. The van der Waals surface area contributed by atoms with Crippen LogP contribution in [0.3, 0.4) is 0 Å². The molecule has 0 saturated carbocycles. The van der Waals surface area contributed by atoms with Gasteiger partial charge in [-0.25, -0.2) is 4.52 Å². The summed E-state index contributed by atoms with van der Waals surface area (Å²) in [6, 6.07) is 9.84. The summed E-state index contributed by atoms with van der Waals surface area (Å²) in [6.45, 7) is 7.27. The van der Waals surface area contributed by atoms with Crippen LogP contribution in [0.15, 0.2) is 52.0 Å². The summed E-state index contributed by atoms with van der Waals surface area (Å²) in [5.41, 5.74) is 3.19. The molecule has 0 radical (unpaired) electrons. The molecule has 0 atom stereocenters. The van der Waals surface area contributed by atoms with Crippen molar-refractivity contribution in [1.29, 1.82) is 0 Å². The minimum atomic E-state index is -0.171. The third-order valence-corrected chi connectivity index (χ3v) is 5.95. The van der Waals surface area contributed by atoms with Crippen LogP contribution in [0.1, 0.15) is 24.2 Å². The number of nitrogens with zero attached hydrogens (tertiary/aromatic N) is 7. The SMILES string of the molecule is CC(=O)N1CCN(Cc2nc(Cn3ccn4nc(-c5ccc(C)cc5)cc4c3=O)no2)CC1. The molecule has 170 valence electrons. The number of carbonyl (C=O) groups is 1. The quantitative estimate of drug-likeness (QED) is 0.458. The van der Waals surface area contributed by atoms with Crippen LogP contribution in [0.25, 0.3) is 16.8 Å². The Morgan fingerprint density at radius 3 is 2.55 bits per heavy atom. The average Bonchev–Trinajstić information content (AvgIpc) is 3.44. The molecule has 3 aromatic heterocycles. The normalized spacial score (nSPS) is 14.8. The van der Waals surface area contributed by atoms with Gasteiger partial charge in [0.05, 0.1) is 18.8 Å². The van der Waals surface area contributed by atoms with E-state index in [0.717, 1.165) is 24.3 Å². The van der Waals surface area contributed by atoms with Gasteiger partial charge in [0.2, 0.25) is 11.8 Å². The van der Waals surface area contributed by atoms with Crippen molar-refractivity contribution in [2.45, 2.75) is 26.9 Å². The van der Waals surface area contributed by atoms with E-state index < -0.39 is 0 Å². The summed E-state index contributed by atoms with van der Waals surface area (Å²) in [4.78, 5) is 32.9. The van der Waals surface area contributed by atoms with Crippen molar-refractivity contribution in [2.75, 3.05) is 26.2 Å². The third-order valence-electron chi connectivity index (χ3n) is 5.95. The van der Waals surface area contributed by atoms with Crippen LogP contribution in [0, 0.1) is 6.92 Å². The maximum atomic E-state index is 13.0. The van der Waals surface area contributed by atoms with Crippen molar-refractivity contribution in [1.82, 2.24) is 34.1 Å². The van der Waals surface area contributed by atoms with Crippen LogP contribution in [0.4, 0.5) is 0 Å². The monoisotopic (exact) mass is 447 g/mol. The van der Waals surface area contributed by atoms with E-state index in [0.29, 0.717) is 36.9 Å². The molecule has 4 heterocycles. The summed E-state index contributed by atoms with van der Waals surface area (Å²) < 4.78 is 8.54. The summed E-state index contributed by atoms with van der Waals surface area (Å²) in [5.74, 6) is 1.04. The second-order valence-corrected chi connectivity index (χ2v) is 8.34. The van der Waals surface area contributed by atoms with Gasteiger partial charge in [-0.05, 0) is 13.0 Å². The number of benzene rings is 1. The first-order valence-electron chi connectivity index (χ1n) is 10.9. The molecule has 0 N–H and O–H groups in total. The molecule has 1 saturated heterocycles. The maximum Gasteiger partial charge on any atom is 0.277 e. The predicted molar refractivity (Wildman–Crippen MR) is 121 cm³/mol. The first-order valence-corrected chi connectivity index (χ1v) is 10.9. The lowest BCUT2D eigenvalue weighted by molar-refractivity contribution is -0.130. The molecule has 0 aliphatic carbocycles. The van der Waals surface area contributed by atoms with Crippen molar-refractivity contribution >= 4 is 11.4 Å². The van der Waals surface area contributed by atoms with Crippen molar-refractivity contribution in [2.24, 2.45) is 0 Å². The lowest BCUT2D eigenvalue weighted by Crippen LogP contribution is -2.47. The van der Waals surface area contributed by atoms with Gasteiger partial charge in [0, 0.05) is 51.1 Å². The van der Waals surface area contributed by atoms with Crippen LogP contribution < -0.4 is 5.56 Å². The number of piperazine rings is 1. The van der Waals surface area contributed by atoms with Crippen molar-refractivity contribution < 1.29 is 9.32 Å². The molecule has 0 spiro atoms. The number of amides is 1. The Bertz CT molecular complexity index is 1340. The molecule has 5 rings (SSSR count). The van der Waals surface area contributed by atoms with Crippen LogP contribution in [0.5, 0.6) is 0 Å². The number of fused-ring (bicyclic) bond motifs is 1. The van der Waals surface area contributed by atoms with Gasteiger partial charge >= 0.3 is 0 Å². The second kappa shape index (κ2) is 8.62. The number of aromatic nitrogens is 5. The molecule has 1 aliphatic heterocycles. The number of carbonyl (C=O) groups excluding carboxylic acids is 1. The maximum absolute atomic E-state index is 13.0. The van der Waals surface area contributed by atoms with E-state index in [4.69, 9.17) is 4.52 Å². The fourth-order valence-corrected chi connectivity index (χ4v) is 4.00. The second-order valence-electron chi connectivity index (χ2n) is 8.34. The molecular formula is C23H25N7O3. The summed E-state index contributed by atoms with van der Waals surface area (Å²) in [7, 11) is 0. The Labute approximate surface area is 190 Å². The summed E-state index contributed by atoms with van der Waals surface area (Å²) >= 11 is 0. The van der Waals surface area contributed by atoms with E-state index in [1.165, 1.54) is 5.56 Å². The van der Waals surface area contributed by atoms with Crippen molar-refractivity contribution in [3.05, 3.63) is 70.4 Å². The van der Waals surface area contributed by atoms with E-state index in [9.17, 15) is 9.59 Å². The Kier molecular flexibility index (Phi) is 5.51. The highest BCUT2D eigenvalue weighted by Gasteiger charge is 2.20. The largest absolute Gasteiger partial charge is 0.340 e. The van der Waals surface area contributed by atoms with E-state index in [-0.39, 0.29) is 18.0 Å². The third kappa shape index (κ3) is 4.42. The summed E-state index contributed by atoms with van der Waals surface area (Å²) in [5, 5.41) is 8.57. The van der Waals surface area contributed by atoms with E-state index in [1.807, 2.05) is 36.1 Å². The Balaban J connectivity index is 1.29. The standard InChI is InChI=1S/C23H25N7O3/c1-16-3-5-18(6-4-16)19-13-20-23(32)29(11-12-30(20)25-19)14-21-24-22(33-26-21)15-27-7-9-28(10-8-27)17(2)31/h3-6,11-13H,7-10,14-15H2,1-2H3. The van der Waals surface area contributed by atoms with E-state index in [2.05, 4.69) is 20.1 Å². The van der Waals surface area contributed by atoms with Gasteiger partial charge in [0.15, 0.2) is 5.82 Å². The Hall–Kier alpha value is -3.79. The number of aryl methyl sites for hydroxylation is 1. The highest BCUT2D eigenvalue weighted by Crippen LogP contribution is 2.19. The van der Waals surface area contributed by atoms with Crippen LogP contribution >= 0.6 is 0 Å². The molecule has 0 bridgehead atoms. The first-order chi connectivity index (χ1) is 16.0. The molecule has 1 amide bonds. The molecule has 10 heteroatoms. The number of hydrogen-bond donors (Lipinski definition) is 0. The molecule has 4 aromatic rings. The molecule has 1 aromatic carbocycles. The van der Waals surface area contributed by atoms with Gasteiger partial charge in [-0.2, -0.15) is 10.1 Å². The van der Waals surface area contributed by atoms with Crippen molar-refractivity contribution in [3.8, 4) is 11.3 Å². The van der Waals surface area contributed by atoms with Gasteiger partial charge in [-0.3, -0.25) is 14.5 Å². The fraction of sp³-hybridized carbons (Fsp3) is 0.348. The van der Waals surface area contributed by atoms with E-state index in [1.54, 1.807) is 34.5 Å². The van der Waals surface area contributed by atoms with Gasteiger partial charge < -0.3 is 14.0 Å². The van der Waals surface area contributed by atoms with Crippen LogP contribution in [-0.4, -0.2) is 66.2 Å². The van der Waals surface area contributed by atoms with Gasteiger partial charge in [0.25, 0.3) is 5.56 Å². The van der Waals surface area contributed by atoms with E-state index >= 15 is 0 Å². The number of hydrogen-bond acceptors (Lipinski definition) is 7. The molecule has 33 heavy (non-hydrogen) atoms. The topological polar surface area (TPSA) is 102 Å². The molecule has 0 unspecified atom stereocenters. The molecular weight excluding hydrogens is 422 g/mol. The number of rotatable bonds is 5. The fourth-order valence-electron chi connectivity index (χ4n) is 4.00. The lowest BCUT2D eigenvalue weighted by atomic mass is 10.1. The Morgan fingerprint density at radius 1 is 1.06 bits per heavy atom. The molecule has 1 aliphatic rings. The first kappa shape index (κ1) is 21.1. The zero-order valence-corrected chi connectivity index (χ0v) is 18.6. The summed E-state index contributed by atoms with van der Waals surface area (Å²) in [6.07, 6.45) is 3.43. The molecule has 10 nitrogen and oxygen atoms in total. The van der Waals surface area contributed by atoms with Gasteiger partial charge in [-0.1, -0.05) is 35.0 Å². The predicted octanol–water partition coefficient (Wildman–Crippen LogP) is 1.57. The lowest BCUT2D eigenvalue weighted by Gasteiger charge is -2.33. The zero-order valence-electron chi connectivity index (χ0n) is 18.6. The highest BCUT2D eigenvalue weighted by molar-refractivity contribution is 5.73. The molecule has 1 fully saturated rings. The zero-order chi connectivity index (χ0) is 22.9. The van der Waals surface area contributed by atoms with Crippen LogP contribution in [-0.2, 0) is 17.9 Å². The van der Waals surface area contributed by atoms with Crippen LogP contribution in [0.2, 0.25) is 0 Å². The van der Waals surface area contributed by atoms with Gasteiger partial charge in [0.1, 0.15) is 5.52 Å². The highest BCUT2D eigenvalue weighted by atomic mass is 16.5.